The lowest BCUT2D eigenvalue weighted by Crippen LogP contribution is -1.99. The van der Waals surface area contributed by atoms with Gasteiger partial charge in [-0.2, -0.15) is 0 Å². The fourth-order valence-corrected chi connectivity index (χ4v) is 2.16. The molecule has 1 N–H and O–H groups in total. The molecule has 2 aromatic heterocycles. The van der Waals surface area contributed by atoms with Gasteiger partial charge in [0.2, 0.25) is 0 Å². The zero-order valence-electron chi connectivity index (χ0n) is 8.95. The van der Waals surface area contributed by atoms with E-state index in [1.807, 2.05) is 0 Å². The van der Waals surface area contributed by atoms with Gasteiger partial charge in [0, 0.05) is 13.3 Å². The summed E-state index contributed by atoms with van der Waals surface area (Å²) in [5, 5.41) is 9.59. The van der Waals surface area contributed by atoms with Crippen LogP contribution in [0.5, 0.6) is 0 Å². The van der Waals surface area contributed by atoms with Crippen molar-refractivity contribution in [3.8, 4) is 10.7 Å². The fraction of sp³-hybridized carbons (Fsp3) is 0.200. The van der Waals surface area contributed by atoms with Crippen molar-refractivity contribution in [2.24, 2.45) is 0 Å². The molecule has 0 bridgehead atoms. The van der Waals surface area contributed by atoms with Gasteiger partial charge in [-0.3, -0.25) is 0 Å². The fourth-order valence-electron chi connectivity index (χ4n) is 1.28. The highest BCUT2D eigenvalue weighted by Gasteiger charge is 2.18. The third-order valence-corrected chi connectivity index (χ3v) is 3.08. The number of rotatable bonds is 4. The molecule has 0 aliphatic carbocycles. The first-order valence-electron chi connectivity index (χ1n) is 4.70. The van der Waals surface area contributed by atoms with Crippen LogP contribution in [0.15, 0.2) is 18.6 Å². The maximum absolute atomic E-state index is 11.0. The number of aromatic carboxylic acids is 1. The number of ether oxygens (including phenoxy) is 1. The first-order valence-corrected chi connectivity index (χ1v) is 5.52. The van der Waals surface area contributed by atoms with E-state index in [0.29, 0.717) is 16.4 Å². The quantitative estimate of drug-likeness (QED) is 0.885. The standard InChI is InChI=1S/C10H9N3O3S/c1-16-4-7-8(10(14)15)17-9(13-7)6-2-3-11-5-12-6/h2-3,5H,4H2,1H3,(H,14,15). The lowest BCUT2D eigenvalue weighted by molar-refractivity contribution is 0.0697. The summed E-state index contributed by atoms with van der Waals surface area (Å²) in [6.45, 7) is 0.170. The van der Waals surface area contributed by atoms with Gasteiger partial charge in [0.25, 0.3) is 0 Å². The molecular weight excluding hydrogens is 242 g/mol. The summed E-state index contributed by atoms with van der Waals surface area (Å²) in [5.41, 5.74) is 1.02. The second-order valence-corrected chi connectivity index (χ2v) is 4.13. The smallest absolute Gasteiger partial charge is 0.347 e. The summed E-state index contributed by atoms with van der Waals surface area (Å²) in [4.78, 5) is 23.2. The van der Waals surface area contributed by atoms with Crippen molar-refractivity contribution in [1.82, 2.24) is 15.0 Å². The second-order valence-electron chi connectivity index (χ2n) is 3.13. The Hall–Kier alpha value is -1.86. The minimum atomic E-state index is -1.00. The third-order valence-electron chi connectivity index (χ3n) is 1.97. The SMILES string of the molecule is COCc1nc(-c2ccncn2)sc1C(=O)O. The number of aromatic nitrogens is 3. The van der Waals surface area contributed by atoms with Gasteiger partial charge in [-0.1, -0.05) is 0 Å². The van der Waals surface area contributed by atoms with E-state index < -0.39 is 5.97 Å². The zero-order chi connectivity index (χ0) is 12.3. The van der Waals surface area contributed by atoms with E-state index in [1.54, 1.807) is 12.3 Å². The Balaban J connectivity index is 2.44. The Kier molecular flexibility index (Phi) is 3.40. The van der Waals surface area contributed by atoms with Crippen LogP contribution in [-0.2, 0) is 11.3 Å². The van der Waals surface area contributed by atoms with Crippen LogP contribution < -0.4 is 0 Å². The summed E-state index contributed by atoms with van der Waals surface area (Å²) in [7, 11) is 1.50. The summed E-state index contributed by atoms with van der Waals surface area (Å²) in [6.07, 6.45) is 2.98. The molecule has 0 radical (unpaired) electrons. The van der Waals surface area contributed by atoms with Crippen molar-refractivity contribution < 1.29 is 14.6 Å². The van der Waals surface area contributed by atoms with Crippen molar-refractivity contribution in [3.05, 3.63) is 29.2 Å². The van der Waals surface area contributed by atoms with Gasteiger partial charge < -0.3 is 9.84 Å². The van der Waals surface area contributed by atoms with Gasteiger partial charge in [-0.05, 0) is 6.07 Å². The molecular formula is C10H9N3O3S. The predicted molar refractivity (Wildman–Crippen MR) is 60.8 cm³/mol. The Morgan fingerprint density at radius 2 is 2.41 bits per heavy atom. The molecule has 0 aromatic carbocycles. The predicted octanol–water partition coefficient (Wildman–Crippen LogP) is 1.44. The highest BCUT2D eigenvalue weighted by molar-refractivity contribution is 7.17. The number of carboxylic acids is 1. The largest absolute Gasteiger partial charge is 0.477 e. The van der Waals surface area contributed by atoms with Gasteiger partial charge in [-0.25, -0.2) is 19.7 Å². The maximum atomic E-state index is 11.0. The molecule has 88 valence electrons. The summed E-state index contributed by atoms with van der Waals surface area (Å²) in [5.74, 6) is -1.00. The molecule has 0 amide bonds. The topological polar surface area (TPSA) is 85.2 Å². The Bertz CT molecular complexity index is 527. The molecule has 0 unspecified atom stereocenters. The van der Waals surface area contributed by atoms with Crippen molar-refractivity contribution >= 4 is 17.3 Å². The van der Waals surface area contributed by atoms with E-state index >= 15 is 0 Å². The van der Waals surface area contributed by atoms with Gasteiger partial charge in [-0.15, -0.1) is 11.3 Å². The Morgan fingerprint density at radius 1 is 1.59 bits per heavy atom. The van der Waals surface area contributed by atoms with E-state index in [1.165, 1.54) is 13.4 Å². The van der Waals surface area contributed by atoms with Crippen molar-refractivity contribution in [2.75, 3.05) is 7.11 Å². The van der Waals surface area contributed by atoms with Crippen LogP contribution in [0.2, 0.25) is 0 Å². The van der Waals surface area contributed by atoms with E-state index in [2.05, 4.69) is 15.0 Å². The first-order chi connectivity index (χ1) is 8.22. The van der Waals surface area contributed by atoms with Crippen LogP contribution in [-0.4, -0.2) is 33.1 Å². The molecule has 2 rings (SSSR count). The molecule has 0 aliphatic rings. The molecule has 17 heavy (non-hydrogen) atoms. The van der Waals surface area contributed by atoms with Gasteiger partial charge in [0.15, 0.2) is 0 Å². The Morgan fingerprint density at radius 3 is 3.00 bits per heavy atom. The number of carbonyl (C=O) groups is 1. The van der Waals surface area contributed by atoms with Crippen LogP contribution in [0.4, 0.5) is 0 Å². The molecule has 2 heterocycles. The van der Waals surface area contributed by atoms with Crippen LogP contribution >= 0.6 is 11.3 Å². The van der Waals surface area contributed by atoms with Crippen LogP contribution in [0.3, 0.4) is 0 Å². The number of nitrogens with zero attached hydrogens (tertiary/aromatic N) is 3. The van der Waals surface area contributed by atoms with Crippen LogP contribution in [0.1, 0.15) is 15.4 Å². The summed E-state index contributed by atoms with van der Waals surface area (Å²) >= 11 is 1.08. The average Bonchev–Trinajstić information content (AvgIpc) is 2.75. The lowest BCUT2D eigenvalue weighted by Gasteiger charge is -1.94. The minimum Gasteiger partial charge on any atom is -0.477 e. The molecule has 0 atom stereocenters. The highest BCUT2D eigenvalue weighted by Crippen LogP contribution is 2.26. The van der Waals surface area contributed by atoms with E-state index in [-0.39, 0.29) is 11.5 Å². The molecule has 0 spiro atoms. The van der Waals surface area contributed by atoms with Crippen molar-refractivity contribution in [3.63, 3.8) is 0 Å². The monoisotopic (exact) mass is 251 g/mol. The van der Waals surface area contributed by atoms with E-state index in [4.69, 9.17) is 9.84 Å². The average molecular weight is 251 g/mol. The molecule has 7 heteroatoms. The summed E-state index contributed by atoms with van der Waals surface area (Å²) in [6, 6.07) is 1.68. The van der Waals surface area contributed by atoms with Gasteiger partial charge >= 0.3 is 5.97 Å². The number of carboxylic acid groups (broad SMARTS) is 1. The molecule has 0 aliphatic heterocycles. The van der Waals surface area contributed by atoms with Crippen molar-refractivity contribution in [2.45, 2.75) is 6.61 Å². The van der Waals surface area contributed by atoms with Crippen LogP contribution in [0, 0.1) is 0 Å². The maximum Gasteiger partial charge on any atom is 0.347 e. The summed E-state index contributed by atoms with van der Waals surface area (Å²) < 4.78 is 4.92. The number of thiazole rings is 1. The van der Waals surface area contributed by atoms with Crippen LogP contribution in [0.25, 0.3) is 10.7 Å². The molecule has 0 saturated heterocycles. The Labute approximate surface area is 101 Å². The normalized spacial score (nSPS) is 10.4. The zero-order valence-corrected chi connectivity index (χ0v) is 9.77. The number of methoxy groups -OCH3 is 1. The van der Waals surface area contributed by atoms with Gasteiger partial charge in [0.05, 0.1) is 12.3 Å². The minimum absolute atomic E-state index is 0.170. The van der Waals surface area contributed by atoms with E-state index in [9.17, 15) is 4.79 Å². The van der Waals surface area contributed by atoms with E-state index in [0.717, 1.165) is 11.3 Å². The highest BCUT2D eigenvalue weighted by atomic mass is 32.1. The number of hydrogen-bond donors (Lipinski definition) is 1. The second kappa shape index (κ2) is 4.98. The number of hydrogen-bond acceptors (Lipinski definition) is 6. The van der Waals surface area contributed by atoms with Gasteiger partial charge in [0.1, 0.15) is 21.9 Å². The lowest BCUT2D eigenvalue weighted by atomic mass is 10.3. The van der Waals surface area contributed by atoms with Crippen molar-refractivity contribution in [1.29, 1.82) is 0 Å². The molecule has 2 aromatic rings. The molecule has 0 saturated carbocycles. The first kappa shape index (κ1) is 11.6. The molecule has 6 nitrogen and oxygen atoms in total. The molecule has 0 fully saturated rings. The third kappa shape index (κ3) is 2.45.